The largest absolute Gasteiger partial charge is 0.393 e. The second kappa shape index (κ2) is 9.43. The number of hydrogen-bond donors (Lipinski definition) is 2. The number of rotatable bonds is 6. The average Bonchev–Trinajstić information content (AvgIpc) is 3.12. The molecule has 29 heavy (non-hydrogen) atoms. The van der Waals surface area contributed by atoms with Crippen molar-refractivity contribution in [3.63, 3.8) is 0 Å². The Bertz CT molecular complexity index is 1080. The predicted octanol–water partition coefficient (Wildman–Crippen LogP) is 2.73. The van der Waals surface area contributed by atoms with E-state index < -0.39 is 12.0 Å². The van der Waals surface area contributed by atoms with Crippen molar-refractivity contribution in [1.29, 1.82) is 0 Å². The molecule has 7 heteroatoms. The monoisotopic (exact) mass is 408 g/mol. The third-order valence-electron chi connectivity index (χ3n) is 4.48. The summed E-state index contributed by atoms with van der Waals surface area (Å²) in [7, 11) is 1.36. The molecule has 6 nitrogen and oxygen atoms in total. The van der Waals surface area contributed by atoms with Crippen LogP contribution in [0, 0.1) is 17.8 Å². The Kier molecular flexibility index (Phi) is 6.73. The van der Waals surface area contributed by atoms with Gasteiger partial charge in [-0.2, -0.15) is 4.37 Å². The first-order valence-corrected chi connectivity index (χ1v) is 9.75. The highest BCUT2D eigenvalue weighted by Crippen LogP contribution is 2.26. The van der Waals surface area contributed by atoms with Crippen molar-refractivity contribution in [2.45, 2.75) is 19.4 Å². The predicted molar refractivity (Wildman–Crippen MR) is 111 cm³/mol. The highest BCUT2D eigenvalue weighted by Gasteiger charge is 2.26. The third-order valence-corrected chi connectivity index (χ3v) is 5.33. The molecular weight excluding hydrogens is 388 g/mol. The van der Waals surface area contributed by atoms with Crippen LogP contribution in [0.4, 0.5) is 0 Å². The van der Waals surface area contributed by atoms with Crippen LogP contribution < -0.4 is 5.48 Å². The summed E-state index contributed by atoms with van der Waals surface area (Å²) in [5.41, 5.74) is 5.31. The lowest BCUT2D eigenvalue weighted by Crippen LogP contribution is -2.37. The summed E-state index contributed by atoms with van der Waals surface area (Å²) in [6, 6.07) is 12.9. The van der Waals surface area contributed by atoms with Crippen LogP contribution in [0.5, 0.6) is 0 Å². The van der Waals surface area contributed by atoms with Gasteiger partial charge in [0.25, 0.3) is 0 Å². The Morgan fingerprint density at radius 1 is 1.24 bits per heavy atom. The van der Waals surface area contributed by atoms with Crippen LogP contribution >= 0.6 is 11.5 Å². The van der Waals surface area contributed by atoms with E-state index >= 15 is 0 Å². The fraction of sp³-hybridized carbons (Fsp3) is 0.227. The molecule has 0 bridgehead atoms. The van der Waals surface area contributed by atoms with Gasteiger partial charge < -0.3 is 5.11 Å². The fourth-order valence-electron chi connectivity index (χ4n) is 2.87. The Labute approximate surface area is 172 Å². The van der Waals surface area contributed by atoms with Gasteiger partial charge in [0.05, 0.1) is 29.5 Å². The van der Waals surface area contributed by atoms with Gasteiger partial charge in [0.1, 0.15) is 6.29 Å². The number of carbonyl (C=O) groups excluding carboxylic acids is 2. The number of hydroxylamine groups is 1. The number of aliphatic hydroxyl groups is 1. The number of amides is 1. The SMILES string of the molecule is CONC(=O)[C@@H](Cc1nsc2cc(C#Cc3ccc(C=O)cc3)ccc12)[C@@H](C)O. The van der Waals surface area contributed by atoms with Crippen LogP contribution in [0.2, 0.25) is 0 Å². The number of nitrogens with zero attached hydrogens (tertiary/aromatic N) is 1. The summed E-state index contributed by atoms with van der Waals surface area (Å²) in [4.78, 5) is 27.5. The molecule has 1 heterocycles. The number of benzene rings is 2. The summed E-state index contributed by atoms with van der Waals surface area (Å²) in [6.07, 6.45) is 0.270. The molecule has 0 spiro atoms. The van der Waals surface area contributed by atoms with Crippen molar-refractivity contribution >= 4 is 33.8 Å². The van der Waals surface area contributed by atoms with Crippen molar-refractivity contribution in [3.8, 4) is 11.8 Å². The molecule has 0 radical (unpaired) electrons. The first-order valence-electron chi connectivity index (χ1n) is 8.98. The normalized spacial score (nSPS) is 12.7. The zero-order chi connectivity index (χ0) is 20.8. The minimum atomic E-state index is -0.836. The van der Waals surface area contributed by atoms with Gasteiger partial charge in [-0.25, -0.2) is 5.48 Å². The molecule has 0 aliphatic rings. The highest BCUT2D eigenvalue weighted by molar-refractivity contribution is 7.13. The van der Waals surface area contributed by atoms with Gasteiger partial charge in [-0.1, -0.05) is 30.0 Å². The summed E-state index contributed by atoms with van der Waals surface area (Å²) in [6.45, 7) is 1.57. The number of hydrogen-bond acceptors (Lipinski definition) is 6. The first-order chi connectivity index (χ1) is 14.0. The standard InChI is InChI=1S/C22H20N2O4S/c1-14(26)19(22(27)23-28-2)12-20-18-10-9-16(11-21(18)29-24-20)6-3-15-4-7-17(13-25)8-5-15/h4-5,7-11,13-14,19,26H,12H2,1-2H3,(H,23,27)/t14-,19+/m1/s1. The van der Waals surface area contributed by atoms with Crippen LogP contribution in [-0.4, -0.2) is 34.9 Å². The zero-order valence-corrected chi connectivity index (χ0v) is 16.8. The van der Waals surface area contributed by atoms with Crippen molar-refractivity contribution in [1.82, 2.24) is 9.85 Å². The molecule has 1 amide bonds. The van der Waals surface area contributed by atoms with E-state index in [-0.39, 0.29) is 5.91 Å². The smallest absolute Gasteiger partial charge is 0.249 e. The Morgan fingerprint density at radius 3 is 2.59 bits per heavy atom. The molecule has 3 rings (SSSR count). The molecule has 0 unspecified atom stereocenters. The molecule has 0 aliphatic heterocycles. The molecular formula is C22H20N2O4S. The molecule has 0 saturated heterocycles. The maximum atomic E-state index is 12.1. The quantitative estimate of drug-likeness (QED) is 0.372. The van der Waals surface area contributed by atoms with Gasteiger partial charge >= 0.3 is 0 Å². The number of aldehydes is 1. The maximum absolute atomic E-state index is 12.1. The van der Waals surface area contributed by atoms with E-state index in [1.54, 1.807) is 31.2 Å². The number of aromatic nitrogens is 1. The number of fused-ring (bicyclic) bond motifs is 1. The molecule has 2 aromatic carbocycles. The van der Waals surface area contributed by atoms with E-state index in [1.807, 2.05) is 18.2 Å². The van der Waals surface area contributed by atoms with Crippen molar-refractivity contribution in [2.24, 2.45) is 5.92 Å². The Balaban J connectivity index is 1.81. The lowest BCUT2D eigenvalue weighted by molar-refractivity contribution is -0.138. The molecule has 1 aromatic heterocycles. The minimum absolute atomic E-state index is 0.307. The molecule has 148 valence electrons. The number of aliphatic hydroxyl groups excluding tert-OH is 1. The molecule has 2 atom stereocenters. The average molecular weight is 408 g/mol. The second-order valence-corrected chi connectivity index (χ2v) is 7.36. The zero-order valence-electron chi connectivity index (χ0n) is 16.0. The van der Waals surface area contributed by atoms with Crippen molar-refractivity contribution < 1.29 is 19.5 Å². The molecule has 3 aromatic rings. The van der Waals surface area contributed by atoms with Crippen LogP contribution in [0.3, 0.4) is 0 Å². The first kappa shape index (κ1) is 20.7. The van der Waals surface area contributed by atoms with Gasteiger partial charge in [0, 0.05) is 28.5 Å². The molecule has 0 aliphatic carbocycles. The topological polar surface area (TPSA) is 88.5 Å². The summed E-state index contributed by atoms with van der Waals surface area (Å²) in [5, 5.41) is 10.9. The van der Waals surface area contributed by atoms with E-state index in [2.05, 4.69) is 26.5 Å². The van der Waals surface area contributed by atoms with Gasteiger partial charge in [-0.15, -0.1) is 0 Å². The van der Waals surface area contributed by atoms with Crippen LogP contribution in [0.1, 0.15) is 34.1 Å². The second-order valence-electron chi connectivity index (χ2n) is 6.55. The highest BCUT2D eigenvalue weighted by atomic mass is 32.1. The van der Waals surface area contributed by atoms with E-state index in [1.165, 1.54) is 18.6 Å². The van der Waals surface area contributed by atoms with E-state index in [0.29, 0.717) is 12.0 Å². The Morgan fingerprint density at radius 2 is 1.93 bits per heavy atom. The molecule has 0 saturated carbocycles. The lowest BCUT2D eigenvalue weighted by Gasteiger charge is -2.17. The number of nitrogens with one attached hydrogen (secondary N) is 1. The maximum Gasteiger partial charge on any atom is 0.249 e. The van der Waals surface area contributed by atoms with E-state index in [9.17, 15) is 14.7 Å². The van der Waals surface area contributed by atoms with E-state index in [0.717, 1.165) is 33.2 Å². The van der Waals surface area contributed by atoms with Gasteiger partial charge in [0.2, 0.25) is 5.91 Å². The fourth-order valence-corrected chi connectivity index (χ4v) is 3.72. The van der Waals surface area contributed by atoms with Crippen molar-refractivity contribution in [2.75, 3.05) is 7.11 Å². The van der Waals surface area contributed by atoms with E-state index in [4.69, 9.17) is 0 Å². The van der Waals surface area contributed by atoms with Crippen LogP contribution in [0.25, 0.3) is 10.1 Å². The minimum Gasteiger partial charge on any atom is -0.393 e. The number of carbonyl (C=O) groups is 2. The molecule has 2 N–H and O–H groups in total. The van der Waals surface area contributed by atoms with Crippen molar-refractivity contribution in [3.05, 3.63) is 64.8 Å². The van der Waals surface area contributed by atoms with Gasteiger partial charge in [0.15, 0.2) is 0 Å². The van der Waals surface area contributed by atoms with Crippen LogP contribution in [0.15, 0.2) is 42.5 Å². The molecule has 0 fully saturated rings. The third kappa shape index (κ3) is 5.06. The Hall–Kier alpha value is -3.05. The van der Waals surface area contributed by atoms with Gasteiger partial charge in [-0.05, 0) is 42.7 Å². The lowest BCUT2D eigenvalue weighted by atomic mass is 9.95. The summed E-state index contributed by atoms with van der Waals surface area (Å²) in [5.74, 6) is 5.15. The summed E-state index contributed by atoms with van der Waals surface area (Å²) < 4.78 is 5.42. The van der Waals surface area contributed by atoms with Crippen LogP contribution in [-0.2, 0) is 16.1 Å². The van der Waals surface area contributed by atoms with Gasteiger partial charge in [-0.3, -0.25) is 14.4 Å². The summed E-state index contributed by atoms with van der Waals surface area (Å²) >= 11 is 1.33.